The number of hydrogen-bond donors (Lipinski definition) is 4. The Kier molecular flexibility index (Phi) is 4.85. The fourth-order valence-corrected chi connectivity index (χ4v) is 3.25. The van der Waals surface area contributed by atoms with Gasteiger partial charge in [0, 0.05) is 11.9 Å². The van der Waals surface area contributed by atoms with Gasteiger partial charge in [0.05, 0.1) is 10.6 Å². The quantitative estimate of drug-likeness (QED) is 0.627. The first-order valence-corrected chi connectivity index (χ1v) is 7.55. The number of amides is 2. The smallest absolute Gasteiger partial charge is 0.256 e. The summed E-state index contributed by atoms with van der Waals surface area (Å²) in [4.78, 5) is 23.9. The van der Waals surface area contributed by atoms with E-state index in [4.69, 9.17) is 11.6 Å². The van der Waals surface area contributed by atoms with Gasteiger partial charge in [0.1, 0.15) is 17.3 Å². The van der Waals surface area contributed by atoms with Crippen LogP contribution in [0.4, 0.5) is 5.00 Å². The Bertz CT molecular complexity index is 518. The number of carbonyl (C=O) groups excluding carboxylic acids is 2. The number of aliphatic hydroxyl groups is 1. The number of rotatable bonds is 4. The predicted molar refractivity (Wildman–Crippen MR) is 78.1 cm³/mol. The summed E-state index contributed by atoms with van der Waals surface area (Å²) in [6.45, 7) is 2.18. The van der Waals surface area contributed by atoms with E-state index in [1.54, 1.807) is 12.3 Å². The van der Waals surface area contributed by atoms with Crippen LogP contribution in [0.25, 0.3) is 0 Å². The first-order valence-electron chi connectivity index (χ1n) is 6.29. The first kappa shape index (κ1) is 15.1. The van der Waals surface area contributed by atoms with Gasteiger partial charge in [0.25, 0.3) is 5.91 Å². The highest BCUT2D eigenvalue weighted by atomic mass is 35.5. The molecule has 8 heteroatoms. The Morgan fingerprint density at radius 2 is 2.40 bits per heavy atom. The lowest BCUT2D eigenvalue weighted by Crippen LogP contribution is -2.50. The molecule has 0 radical (unpaired) electrons. The van der Waals surface area contributed by atoms with Gasteiger partial charge in [-0.15, -0.1) is 11.3 Å². The first-order chi connectivity index (χ1) is 9.49. The molecule has 2 amide bonds. The molecule has 2 heterocycles. The van der Waals surface area contributed by atoms with Crippen molar-refractivity contribution in [1.29, 1.82) is 0 Å². The van der Waals surface area contributed by atoms with Gasteiger partial charge in [-0.05, 0) is 19.8 Å². The molecule has 1 aliphatic heterocycles. The third kappa shape index (κ3) is 3.41. The molecule has 20 heavy (non-hydrogen) atoms. The highest BCUT2D eigenvalue weighted by Crippen LogP contribution is 2.32. The van der Waals surface area contributed by atoms with Gasteiger partial charge in [-0.1, -0.05) is 11.6 Å². The van der Waals surface area contributed by atoms with Crippen LogP contribution in [0, 0.1) is 0 Å². The number of nitrogens with one attached hydrogen (secondary N) is 3. The Hall–Kier alpha value is -1.31. The number of aliphatic hydroxyl groups excluding tert-OH is 1. The van der Waals surface area contributed by atoms with E-state index in [0.717, 1.165) is 6.42 Å². The normalized spacial score (nSPS) is 20.1. The molecule has 1 saturated heterocycles. The number of piperidine rings is 1. The monoisotopic (exact) mass is 317 g/mol. The predicted octanol–water partition coefficient (Wildman–Crippen LogP) is 1.16. The van der Waals surface area contributed by atoms with Crippen molar-refractivity contribution in [3.8, 4) is 0 Å². The summed E-state index contributed by atoms with van der Waals surface area (Å²) >= 11 is 7.24. The average Bonchev–Trinajstić information content (AvgIpc) is 2.72. The summed E-state index contributed by atoms with van der Waals surface area (Å²) in [5.41, 5.74) is 0.260. The van der Waals surface area contributed by atoms with Crippen molar-refractivity contribution in [3.05, 3.63) is 16.0 Å². The molecule has 1 fully saturated rings. The van der Waals surface area contributed by atoms with Crippen LogP contribution in [0.2, 0.25) is 5.02 Å². The van der Waals surface area contributed by atoms with Crippen LogP contribution < -0.4 is 16.0 Å². The van der Waals surface area contributed by atoms with Crippen molar-refractivity contribution in [2.24, 2.45) is 0 Å². The highest BCUT2D eigenvalue weighted by Gasteiger charge is 2.27. The molecule has 0 spiro atoms. The van der Waals surface area contributed by atoms with Crippen molar-refractivity contribution < 1.29 is 14.7 Å². The number of hydrogen-bond acceptors (Lipinski definition) is 5. The minimum Gasteiger partial charge on any atom is -0.374 e. The molecule has 4 N–H and O–H groups in total. The molecule has 1 aromatic rings. The van der Waals surface area contributed by atoms with Crippen LogP contribution in [-0.4, -0.2) is 35.7 Å². The van der Waals surface area contributed by atoms with E-state index in [0.29, 0.717) is 23.0 Å². The fourth-order valence-electron chi connectivity index (χ4n) is 1.98. The van der Waals surface area contributed by atoms with Gasteiger partial charge in [0.2, 0.25) is 5.91 Å². The molecule has 6 nitrogen and oxygen atoms in total. The van der Waals surface area contributed by atoms with E-state index in [1.165, 1.54) is 11.3 Å². The maximum absolute atomic E-state index is 12.3. The zero-order valence-corrected chi connectivity index (χ0v) is 12.5. The van der Waals surface area contributed by atoms with E-state index in [9.17, 15) is 14.7 Å². The van der Waals surface area contributed by atoms with E-state index in [1.807, 2.05) is 0 Å². The number of carbonyl (C=O) groups is 2. The molecule has 2 rings (SSSR count). The molecule has 0 aliphatic carbocycles. The lowest BCUT2D eigenvalue weighted by molar-refractivity contribution is -0.124. The van der Waals surface area contributed by atoms with Crippen molar-refractivity contribution in [1.82, 2.24) is 10.6 Å². The van der Waals surface area contributed by atoms with Crippen LogP contribution in [0.5, 0.6) is 0 Å². The molecule has 0 saturated carbocycles. The summed E-state index contributed by atoms with van der Waals surface area (Å²) in [6.07, 6.45) is 0.639. The number of thiophene rings is 1. The van der Waals surface area contributed by atoms with Crippen LogP contribution in [0.15, 0.2) is 5.38 Å². The summed E-state index contributed by atoms with van der Waals surface area (Å²) < 4.78 is 0. The second-order valence-electron chi connectivity index (χ2n) is 4.57. The Morgan fingerprint density at radius 1 is 1.65 bits per heavy atom. The standard InChI is InChI=1S/C12H16ClN3O3S/c1-6(17)15-12-9(7(13)5-20-12)11(19)16-8-3-2-4-14-10(8)18/h5-6,8,15,17H,2-4H2,1H3,(H,14,18)(H,16,19). The second kappa shape index (κ2) is 6.43. The average molecular weight is 318 g/mol. The van der Waals surface area contributed by atoms with Crippen molar-refractivity contribution in [2.45, 2.75) is 32.0 Å². The van der Waals surface area contributed by atoms with Crippen LogP contribution in [-0.2, 0) is 4.79 Å². The summed E-state index contributed by atoms with van der Waals surface area (Å²) in [6, 6.07) is -0.536. The van der Waals surface area contributed by atoms with E-state index >= 15 is 0 Å². The van der Waals surface area contributed by atoms with Gasteiger partial charge >= 0.3 is 0 Å². The van der Waals surface area contributed by atoms with Gasteiger partial charge in [0.15, 0.2) is 0 Å². The Morgan fingerprint density at radius 3 is 3.05 bits per heavy atom. The Balaban J connectivity index is 2.12. The Labute approximate surface area is 125 Å². The third-order valence-corrected chi connectivity index (χ3v) is 4.24. The molecule has 110 valence electrons. The van der Waals surface area contributed by atoms with Gasteiger partial charge in [-0.2, -0.15) is 0 Å². The van der Waals surface area contributed by atoms with E-state index in [-0.39, 0.29) is 11.5 Å². The molecular formula is C12H16ClN3O3S. The van der Waals surface area contributed by atoms with Gasteiger partial charge in [-0.3, -0.25) is 9.59 Å². The van der Waals surface area contributed by atoms with Crippen molar-refractivity contribution in [2.75, 3.05) is 11.9 Å². The summed E-state index contributed by atoms with van der Waals surface area (Å²) in [7, 11) is 0. The SMILES string of the molecule is CC(O)Nc1scc(Cl)c1C(=O)NC1CCCNC1=O. The molecular weight excluding hydrogens is 302 g/mol. The largest absolute Gasteiger partial charge is 0.374 e. The molecule has 0 aromatic carbocycles. The third-order valence-electron chi connectivity index (χ3n) is 2.90. The van der Waals surface area contributed by atoms with E-state index < -0.39 is 18.2 Å². The maximum atomic E-state index is 12.3. The molecule has 1 aliphatic rings. The lowest BCUT2D eigenvalue weighted by atomic mass is 10.1. The number of halogens is 1. The van der Waals surface area contributed by atoms with Crippen LogP contribution in [0.1, 0.15) is 30.1 Å². The fraction of sp³-hybridized carbons (Fsp3) is 0.500. The van der Waals surface area contributed by atoms with Gasteiger partial charge < -0.3 is 21.1 Å². The van der Waals surface area contributed by atoms with E-state index in [2.05, 4.69) is 16.0 Å². The van der Waals surface area contributed by atoms with Crippen molar-refractivity contribution >= 4 is 39.8 Å². The zero-order valence-electron chi connectivity index (χ0n) is 10.9. The molecule has 2 unspecified atom stereocenters. The highest BCUT2D eigenvalue weighted by molar-refractivity contribution is 7.15. The minimum atomic E-state index is -0.797. The molecule has 0 bridgehead atoms. The number of anilines is 1. The van der Waals surface area contributed by atoms with Gasteiger partial charge in [-0.25, -0.2) is 0 Å². The zero-order chi connectivity index (χ0) is 14.7. The van der Waals surface area contributed by atoms with Crippen LogP contribution >= 0.6 is 22.9 Å². The summed E-state index contributed by atoms with van der Waals surface area (Å²) in [5, 5.41) is 19.9. The molecule has 2 atom stereocenters. The second-order valence-corrected chi connectivity index (χ2v) is 5.85. The molecule has 1 aromatic heterocycles. The topological polar surface area (TPSA) is 90.5 Å². The maximum Gasteiger partial charge on any atom is 0.256 e. The summed E-state index contributed by atoms with van der Waals surface area (Å²) in [5.74, 6) is -0.595. The lowest BCUT2D eigenvalue weighted by Gasteiger charge is -2.23. The van der Waals surface area contributed by atoms with Crippen LogP contribution in [0.3, 0.4) is 0 Å². The van der Waals surface area contributed by atoms with Crippen molar-refractivity contribution in [3.63, 3.8) is 0 Å². The minimum absolute atomic E-state index is 0.180.